The number of nitrogens with two attached hydrogens (primary N) is 1. The number of urea groups is 1. The summed E-state index contributed by atoms with van der Waals surface area (Å²) < 4.78 is 148. The van der Waals surface area contributed by atoms with E-state index in [2.05, 4.69) is 10.1 Å². The van der Waals surface area contributed by atoms with Crippen molar-refractivity contribution in [3.05, 3.63) is 119 Å². The number of esters is 1. The second-order valence-electron chi connectivity index (χ2n) is 33.3. The number of imide groups is 1. The largest absolute Gasteiger partial charge is 0.493 e. The number of carbonyl (C=O) groups is 8. The highest BCUT2D eigenvalue weighted by Crippen LogP contribution is 2.35. The van der Waals surface area contributed by atoms with Crippen LogP contribution in [-0.2, 0) is 91.8 Å². The Balaban J connectivity index is 0.000000289. The molecule has 1 aliphatic heterocycles. The number of ketones is 2. The van der Waals surface area contributed by atoms with E-state index in [1.807, 2.05) is 125 Å². The van der Waals surface area contributed by atoms with E-state index in [0.29, 0.717) is 81.8 Å². The fourth-order valence-electron chi connectivity index (χ4n) is 12.5. The van der Waals surface area contributed by atoms with Crippen molar-refractivity contribution in [2.45, 2.75) is 202 Å². The van der Waals surface area contributed by atoms with E-state index in [1.54, 1.807) is 13.8 Å². The lowest BCUT2D eigenvalue weighted by Crippen LogP contribution is -2.50. The molecule has 4 atom stereocenters. The third-order valence-electron chi connectivity index (χ3n) is 20.7. The van der Waals surface area contributed by atoms with Crippen LogP contribution in [0.4, 0.5) is 9.59 Å². The van der Waals surface area contributed by atoms with Gasteiger partial charge in [-0.15, -0.1) is 0 Å². The predicted octanol–water partition coefficient (Wildman–Crippen LogP) is 11.9. The van der Waals surface area contributed by atoms with E-state index >= 15 is 0 Å². The first-order valence-corrected chi connectivity index (χ1v) is 51.4. The molecule has 4 aliphatic carbocycles. The highest BCUT2D eigenvalue weighted by molar-refractivity contribution is 7.92. The molecular weight excluding hydrogens is 1710 g/mol. The van der Waals surface area contributed by atoms with Gasteiger partial charge in [0, 0.05) is 85.1 Å². The second kappa shape index (κ2) is 57.6. The number of primary amides is 1. The number of aliphatic hydroxyl groups excluding tert-OH is 1. The minimum Gasteiger partial charge on any atom is -0.493 e. The Bertz CT molecular complexity index is 4480. The summed E-state index contributed by atoms with van der Waals surface area (Å²) in [5, 5.41) is 11.0. The molecular formula is C91H139N5O26S4. The van der Waals surface area contributed by atoms with Crippen LogP contribution < -0.4 is 30.0 Å². The van der Waals surface area contributed by atoms with Gasteiger partial charge in [0.15, 0.2) is 39.3 Å². The summed E-state index contributed by atoms with van der Waals surface area (Å²) in [5.41, 5.74) is 8.92. The molecule has 31 nitrogen and oxygen atoms in total. The van der Waals surface area contributed by atoms with Gasteiger partial charge in [0.1, 0.15) is 54.8 Å². The number of hydrogen-bond donors (Lipinski definition) is 3. The van der Waals surface area contributed by atoms with E-state index in [0.717, 1.165) is 71.7 Å². The predicted molar refractivity (Wildman–Crippen MR) is 481 cm³/mol. The summed E-state index contributed by atoms with van der Waals surface area (Å²) in [6.07, 6.45) is 12.5. The number of hydrogen-bond acceptors (Lipinski definition) is 26. The van der Waals surface area contributed by atoms with Gasteiger partial charge in [0.05, 0.1) is 85.7 Å². The number of nitrogens with zero attached hydrogens (tertiary/aromatic N) is 3. The monoisotopic (exact) mass is 1850 g/mol. The van der Waals surface area contributed by atoms with Crippen molar-refractivity contribution in [2.24, 2.45) is 29.4 Å². The van der Waals surface area contributed by atoms with Gasteiger partial charge in [-0.05, 0) is 229 Å². The zero-order chi connectivity index (χ0) is 92.7. The van der Waals surface area contributed by atoms with Crippen molar-refractivity contribution in [1.29, 1.82) is 0 Å². The van der Waals surface area contributed by atoms with E-state index in [1.165, 1.54) is 86.8 Å². The van der Waals surface area contributed by atoms with Crippen LogP contribution >= 0.6 is 0 Å². The maximum atomic E-state index is 12.6. The van der Waals surface area contributed by atoms with Crippen molar-refractivity contribution in [3.63, 3.8) is 0 Å². The number of benzene rings is 4. The molecule has 0 unspecified atom stereocenters. The number of ether oxygens (including phenoxy) is 9. The summed E-state index contributed by atoms with van der Waals surface area (Å²) in [5.74, 6) is 4.59. The van der Waals surface area contributed by atoms with Crippen molar-refractivity contribution in [1.82, 2.24) is 20.0 Å². The Morgan fingerprint density at radius 3 is 1.14 bits per heavy atom. The Morgan fingerprint density at radius 2 is 0.817 bits per heavy atom. The van der Waals surface area contributed by atoms with Gasteiger partial charge in [-0.25, -0.2) is 43.3 Å². The van der Waals surface area contributed by atoms with E-state index in [-0.39, 0.29) is 185 Å². The van der Waals surface area contributed by atoms with Gasteiger partial charge >= 0.3 is 18.1 Å². The Morgan fingerprint density at radius 1 is 0.468 bits per heavy atom. The quantitative estimate of drug-likeness (QED) is 0.0210. The fraction of sp³-hybridized carbons (Fsp3) is 0.648. The molecule has 4 aromatic rings. The Hall–Kier alpha value is -8.32. The molecule has 5 aliphatic rings. The van der Waals surface area contributed by atoms with Crippen LogP contribution in [0.5, 0.6) is 23.0 Å². The smallest absolute Gasteiger partial charge is 0.411 e. The summed E-state index contributed by atoms with van der Waals surface area (Å²) in [6, 6.07) is 30.2. The minimum atomic E-state index is -3.28. The molecule has 6 amide bonds. The average Bonchev–Trinajstić information content (AvgIpc) is 1.61. The molecule has 4 aromatic carbocycles. The third kappa shape index (κ3) is 49.9. The van der Waals surface area contributed by atoms with Crippen LogP contribution in [0.2, 0.25) is 0 Å². The molecule has 1 saturated heterocycles. The maximum absolute atomic E-state index is 12.6. The van der Waals surface area contributed by atoms with E-state index in [4.69, 9.17) is 48.7 Å². The molecule has 708 valence electrons. The maximum Gasteiger partial charge on any atom is 0.411 e. The summed E-state index contributed by atoms with van der Waals surface area (Å²) >= 11 is 0. The van der Waals surface area contributed by atoms with Crippen LogP contribution in [0.25, 0.3) is 0 Å². The van der Waals surface area contributed by atoms with Gasteiger partial charge in [0.25, 0.3) is 0 Å². The highest BCUT2D eigenvalue weighted by atomic mass is 32.2. The average molecular weight is 1850 g/mol. The molecule has 4 saturated carbocycles. The molecule has 0 radical (unpaired) electrons. The van der Waals surface area contributed by atoms with E-state index in [9.17, 15) is 72.0 Å². The first kappa shape index (κ1) is 108. The molecule has 9 rings (SSSR count). The van der Waals surface area contributed by atoms with Crippen LogP contribution in [0.3, 0.4) is 0 Å². The zero-order valence-corrected chi connectivity index (χ0v) is 78.5. The molecule has 0 bridgehead atoms. The van der Waals surface area contributed by atoms with Crippen LogP contribution in [0.15, 0.2) is 97.1 Å². The minimum absolute atomic E-state index is 0.00205. The van der Waals surface area contributed by atoms with Crippen LogP contribution in [0.1, 0.15) is 224 Å². The van der Waals surface area contributed by atoms with Gasteiger partial charge in [-0.1, -0.05) is 76.2 Å². The van der Waals surface area contributed by atoms with Gasteiger partial charge < -0.3 is 68.1 Å². The molecule has 35 heteroatoms. The first-order valence-electron chi connectivity index (χ1n) is 44.1. The van der Waals surface area contributed by atoms with Gasteiger partial charge in [-0.2, -0.15) is 0 Å². The Kier molecular flexibility index (Phi) is 49.4. The summed E-state index contributed by atoms with van der Waals surface area (Å²) in [6.45, 7) is 20.2. The molecule has 1 heterocycles. The van der Waals surface area contributed by atoms with Crippen molar-refractivity contribution in [2.75, 3.05) is 152 Å². The van der Waals surface area contributed by atoms with Crippen molar-refractivity contribution < 1.29 is 120 Å². The Labute approximate surface area is 747 Å². The van der Waals surface area contributed by atoms with E-state index < -0.39 is 57.4 Å². The number of amides is 6. The summed E-state index contributed by atoms with van der Waals surface area (Å²) in [7, 11) is -12.9. The number of Topliss-reactive ketones (excluding diaryl/α,β-unsaturated/α-hetero) is 2. The third-order valence-corrected chi connectivity index (χ3v) is 28.4. The zero-order valence-electron chi connectivity index (χ0n) is 75.3. The van der Waals surface area contributed by atoms with Crippen LogP contribution in [0, 0.1) is 23.7 Å². The molecule has 0 spiro atoms. The first-order chi connectivity index (χ1) is 59.8. The number of nitrogens with one attached hydrogen (secondary N) is 1. The highest BCUT2D eigenvalue weighted by Gasteiger charge is 2.29. The van der Waals surface area contributed by atoms with Crippen molar-refractivity contribution >= 4 is 86.7 Å². The molecule has 4 N–H and O–H groups in total. The normalized spacial score (nSPS) is 15.4. The van der Waals surface area contributed by atoms with Crippen molar-refractivity contribution in [3.8, 4) is 23.0 Å². The summed E-state index contributed by atoms with van der Waals surface area (Å²) in [4.78, 5) is 93.4. The van der Waals surface area contributed by atoms with Gasteiger partial charge in [0.2, 0.25) is 17.7 Å². The standard InChI is InChI=1S/C24H37NO7S.C22H34N2O6S.C21H30N2O6S.C16H24O4S.C8H14O3/c1-4-31-24(27)25(12-11-20(3)26)18-30-13-6-14-33(28,29)17-19(2)22-7-5-8-23(15-22)32-16-21-9-10-21;1-17(20-5-3-6-21(13-20)30-14-19-7-8-19)15-31(27,28)12-4-11-29-16-24(18(2)25)10-9-22(23)26;1-16(18-4-2-5-19(12-18)29-13-17-6-7-17)14-30(26,27)11-3-10-28-15-23-9-8-20(24)22-21(23)25;1-13(12-21(18,19)9-3-8-17)15-4-2-5-16(10-15)20-11-14-6-7-14;1-3-11-8(10)6-4-5-7(2)9/h5,7-8,15,19,21H,4,6,9-14,16-18H2,1-3H3;3,5-6,13,17,19H,4,7-12,14-16H2,1-2H3,(H2,23,26);2,4-5,12,16-17H,3,6-11,13-15H2,1H3,(H,22,24,25);2,4-5,10,13-14,17H,3,6-9,11-12H2,1H3;3-6H2,1-2H3/t19-;17-;16-;13-;/m0000./s1. The number of aliphatic hydroxyl groups is 1. The molecule has 5 fully saturated rings. The fourth-order valence-corrected chi connectivity index (χ4v) is 19.3. The number of carbonyl (C=O) groups excluding carboxylic acids is 8. The topological polar surface area (TPSA) is 424 Å². The number of rotatable bonds is 57. The van der Waals surface area contributed by atoms with Crippen LogP contribution in [-0.4, -0.2) is 253 Å². The van der Waals surface area contributed by atoms with Gasteiger partial charge in [-0.3, -0.25) is 34.2 Å². The molecule has 0 aromatic heterocycles. The second-order valence-corrected chi connectivity index (χ2v) is 42.2. The SMILES string of the molecule is CC(=O)N(CCC(N)=O)COCCCS(=O)(=O)C[C@H](C)c1cccc(OCC2CC2)c1.CCOC(=O)CCCC(C)=O.CCOC(=O)N(CCC(C)=O)COCCCS(=O)(=O)C[C@H](C)c1cccc(OCC2CC2)c1.C[C@@H](CS(=O)(=O)CCCO)c1cccc(OCC2CC2)c1.C[C@@H](CS(=O)(=O)CCCOCN1CCC(=O)NC1=O)c1cccc(OCC2CC2)c1. The lowest BCUT2D eigenvalue weighted by atomic mass is 10.0. The lowest BCUT2D eigenvalue weighted by Gasteiger charge is -2.26. The lowest BCUT2D eigenvalue weighted by molar-refractivity contribution is -0.143. The molecule has 126 heavy (non-hydrogen) atoms. The number of sulfone groups is 4.